The molecule has 0 radical (unpaired) electrons. The van der Waals surface area contributed by atoms with E-state index in [1.807, 2.05) is 6.07 Å². The number of para-hydroxylation sites is 1. The zero-order valence-electron chi connectivity index (χ0n) is 13.0. The number of hydrogen-bond acceptors (Lipinski definition) is 5. The van der Waals surface area contributed by atoms with Crippen LogP contribution in [0.4, 0.5) is 0 Å². The number of ether oxygens (including phenoxy) is 1. The van der Waals surface area contributed by atoms with Crippen LogP contribution in [0.15, 0.2) is 36.5 Å². The third-order valence-electron chi connectivity index (χ3n) is 3.64. The van der Waals surface area contributed by atoms with Gasteiger partial charge < -0.3 is 14.9 Å². The highest BCUT2D eigenvalue weighted by atomic mass is 16.5. The predicted molar refractivity (Wildman–Crippen MR) is 84.5 cm³/mol. The molecule has 0 saturated carbocycles. The van der Waals surface area contributed by atoms with Crippen LogP contribution in [0.3, 0.4) is 0 Å². The zero-order valence-corrected chi connectivity index (χ0v) is 13.0. The molecule has 126 valence electrons. The first-order chi connectivity index (χ1) is 11.4. The fraction of sp³-hybridized carbons (Fsp3) is 0.294. The van der Waals surface area contributed by atoms with E-state index in [0.717, 1.165) is 5.39 Å². The predicted octanol–water partition coefficient (Wildman–Crippen LogP) is 2.06. The topological polar surface area (TPSA) is 114 Å². The third-order valence-corrected chi connectivity index (χ3v) is 3.64. The molecule has 0 aliphatic rings. The number of carbonyl (C=O) groups is 3. The Labute approximate surface area is 137 Å². The van der Waals surface area contributed by atoms with Crippen molar-refractivity contribution in [3.8, 4) is 0 Å². The number of esters is 1. The van der Waals surface area contributed by atoms with Gasteiger partial charge in [0.2, 0.25) is 0 Å². The third kappa shape index (κ3) is 3.87. The van der Waals surface area contributed by atoms with Gasteiger partial charge in [0.25, 0.3) is 0 Å². The Morgan fingerprint density at radius 1 is 1.21 bits per heavy atom. The summed E-state index contributed by atoms with van der Waals surface area (Å²) in [4.78, 5) is 39.0. The largest absolute Gasteiger partial charge is 0.481 e. The molecule has 0 aliphatic heterocycles. The van der Waals surface area contributed by atoms with E-state index in [0.29, 0.717) is 11.1 Å². The average Bonchev–Trinajstić information content (AvgIpc) is 2.53. The Kier molecular flexibility index (Phi) is 5.47. The summed E-state index contributed by atoms with van der Waals surface area (Å²) >= 11 is 0. The number of fused-ring (bicyclic) bond motifs is 1. The Morgan fingerprint density at radius 3 is 2.54 bits per heavy atom. The molecule has 0 amide bonds. The number of hydrogen-bond donors (Lipinski definition) is 2. The maximum atomic E-state index is 12.0. The van der Waals surface area contributed by atoms with Crippen LogP contribution in [-0.2, 0) is 19.1 Å². The molecule has 1 aromatic heterocycles. The van der Waals surface area contributed by atoms with Gasteiger partial charge in [0.1, 0.15) is 0 Å². The number of nitrogens with zero attached hydrogens (tertiary/aromatic N) is 1. The minimum Gasteiger partial charge on any atom is -0.481 e. The summed E-state index contributed by atoms with van der Waals surface area (Å²) in [7, 11) is 0. The van der Waals surface area contributed by atoms with Crippen molar-refractivity contribution < 1.29 is 29.3 Å². The van der Waals surface area contributed by atoms with E-state index < -0.39 is 36.2 Å². The monoisotopic (exact) mass is 331 g/mol. The van der Waals surface area contributed by atoms with Crippen molar-refractivity contribution in [3.05, 3.63) is 42.1 Å². The van der Waals surface area contributed by atoms with Gasteiger partial charge in [0, 0.05) is 17.5 Å². The van der Waals surface area contributed by atoms with E-state index >= 15 is 0 Å². The first-order valence-corrected chi connectivity index (χ1v) is 7.40. The van der Waals surface area contributed by atoms with Crippen molar-refractivity contribution in [1.29, 1.82) is 0 Å². The smallest absolute Gasteiger partial charge is 0.320 e. The Bertz CT molecular complexity index is 773. The number of carboxylic acids is 2. The van der Waals surface area contributed by atoms with Crippen LogP contribution in [0.5, 0.6) is 0 Å². The molecule has 0 saturated heterocycles. The zero-order chi connectivity index (χ0) is 17.7. The van der Waals surface area contributed by atoms with E-state index in [1.54, 1.807) is 31.2 Å². The molecule has 1 heterocycles. The second-order valence-corrected chi connectivity index (χ2v) is 5.23. The second-order valence-electron chi connectivity index (χ2n) is 5.23. The lowest BCUT2D eigenvalue weighted by Crippen LogP contribution is -2.33. The molecule has 2 unspecified atom stereocenters. The molecule has 0 spiro atoms. The van der Waals surface area contributed by atoms with Crippen molar-refractivity contribution in [1.82, 2.24) is 4.98 Å². The first kappa shape index (κ1) is 17.4. The van der Waals surface area contributed by atoms with Crippen molar-refractivity contribution in [3.63, 3.8) is 0 Å². The first-order valence-electron chi connectivity index (χ1n) is 7.40. The van der Waals surface area contributed by atoms with Gasteiger partial charge in [-0.25, -0.2) is 0 Å². The molecule has 0 fully saturated rings. The van der Waals surface area contributed by atoms with Gasteiger partial charge in [-0.15, -0.1) is 0 Å². The lowest BCUT2D eigenvalue weighted by atomic mass is 9.83. The maximum Gasteiger partial charge on any atom is 0.320 e. The molecule has 7 nitrogen and oxygen atoms in total. The van der Waals surface area contributed by atoms with Crippen LogP contribution in [0.25, 0.3) is 10.9 Å². The summed E-state index contributed by atoms with van der Waals surface area (Å²) in [5.41, 5.74) is 1.06. The summed E-state index contributed by atoms with van der Waals surface area (Å²) in [6, 6.07) is 8.82. The number of rotatable bonds is 7. The van der Waals surface area contributed by atoms with Crippen LogP contribution in [0.2, 0.25) is 0 Å². The summed E-state index contributed by atoms with van der Waals surface area (Å²) in [5, 5.41) is 19.3. The van der Waals surface area contributed by atoms with E-state index in [1.165, 1.54) is 6.20 Å². The van der Waals surface area contributed by atoms with Crippen molar-refractivity contribution in [2.45, 2.75) is 19.3 Å². The average molecular weight is 331 g/mol. The van der Waals surface area contributed by atoms with E-state index in [2.05, 4.69) is 4.98 Å². The van der Waals surface area contributed by atoms with Crippen LogP contribution in [-0.4, -0.2) is 39.7 Å². The van der Waals surface area contributed by atoms with E-state index in [9.17, 15) is 19.5 Å². The fourth-order valence-electron chi connectivity index (χ4n) is 2.58. The van der Waals surface area contributed by atoms with Crippen LogP contribution >= 0.6 is 0 Å². The molecule has 2 rings (SSSR count). The molecule has 2 N–H and O–H groups in total. The number of pyridine rings is 1. The summed E-state index contributed by atoms with van der Waals surface area (Å²) in [6.45, 7) is 1.57. The minimum atomic E-state index is -1.61. The highest BCUT2D eigenvalue weighted by molar-refractivity contribution is 5.96. The van der Waals surface area contributed by atoms with Gasteiger partial charge in [-0.3, -0.25) is 19.4 Å². The molecule has 1 aromatic carbocycles. The fourth-order valence-corrected chi connectivity index (χ4v) is 2.58. The van der Waals surface area contributed by atoms with Crippen molar-refractivity contribution in [2.75, 3.05) is 6.61 Å². The Hall–Kier alpha value is -2.96. The highest BCUT2D eigenvalue weighted by Gasteiger charge is 2.38. The lowest BCUT2D eigenvalue weighted by molar-refractivity contribution is -0.159. The van der Waals surface area contributed by atoms with Crippen molar-refractivity contribution >= 4 is 28.8 Å². The molecule has 24 heavy (non-hydrogen) atoms. The van der Waals surface area contributed by atoms with Crippen molar-refractivity contribution in [2.24, 2.45) is 5.92 Å². The molecule has 7 heteroatoms. The van der Waals surface area contributed by atoms with Gasteiger partial charge >= 0.3 is 17.9 Å². The van der Waals surface area contributed by atoms with Crippen LogP contribution in [0.1, 0.15) is 24.8 Å². The standard InChI is InChI=1S/C17H17NO6/c1-2-24-17(23)15(16(21)22)12(8-14(19)20)11-7-10-5-3-4-6-13(10)18-9-11/h3-7,9,12,15H,2,8H2,1H3,(H,19,20)(H,21,22). The van der Waals surface area contributed by atoms with Crippen LogP contribution < -0.4 is 0 Å². The van der Waals surface area contributed by atoms with Gasteiger partial charge in [0.05, 0.1) is 18.5 Å². The number of aliphatic carboxylic acids is 2. The number of benzene rings is 1. The number of carbonyl (C=O) groups excluding carboxylic acids is 1. The maximum absolute atomic E-state index is 12.0. The summed E-state index contributed by atoms with van der Waals surface area (Å²) in [6.07, 6.45) is 0.890. The van der Waals surface area contributed by atoms with Crippen LogP contribution in [0, 0.1) is 5.92 Å². The second kappa shape index (κ2) is 7.54. The Morgan fingerprint density at radius 2 is 1.92 bits per heavy atom. The van der Waals surface area contributed by atoms with Gasteiger partial charge in [-0.2, -0.15) is 0 Å². The summed E-state index contributed by atoms with van der Waals surface area (Å²) in [5.74, 6) is -6.26. The summed E-state index contributed by atoms with van der Waals surface area (Å²) < 4.78 is 4.80. The quantitative estimate of drug-likeness (QED) is 0.589. The Balaban J connectivity index is 2.50. The van der Waals surface area contributed by atoms with E-state index in [-0.39, 0.29) is 6.61 Å². The molecule has 2 atom stereocenters. The molecule has 0 bridgehead atoms. The molecule has 2 aromatic rings. The van der Waals surface area contributed by atoms with Gasteiger partial charge in [-0.1, -0.05) is 18.2 Å². The van der Waals surface area contributed by atoms with Gasteiger partial charge in [0.15, 0.2) is 5.92 Å². The highest BCUT2D eigenvalue weighted by Crippen LogP contribution is 2.31. The number of aromatic nitrogens is 1. The van der Waals surface area contributed by atoms with E-state index in [4.69, 9.17) is 9.84 Å². The molecular formula is C17H17NO6. The normalized spacial score (nSPS) is 13.2. The van der Waals surface area contributed by atoms with Gasteiger partial charge in [-0.05, 0) is 24.6 Å². The minimum absolute atomic E-state index is 0.0123. The number of carboxylic acid groups (broad SMARTS) is 2. The molecule has 0 aliphatic carbocycles. The molecular weight excluding hydrogens is 314 g/mol. The SMILES string of the molecule is CCOC(=O)C(C(=O)O)C(CC(=O)O)c1cnc2ccccc2c1. The lowest BCUT2D eigenvalue weighted by Gasteiger charge is -2.21.